The zero-order valence-corrected chi connectivity index (χ0v) is 12.4. The second kappa shape index (κ2) is 6.26. The van der Waals surface area contributed by atoms with Gasteiger partial charge in [0.1, 0.15) is 12.1 Å². The molecule has 1 fully saturated rings. The Bertz CT molecular complexity index is 642. The molecule has 0 aliphatic carbocycles. The topological polar surface area (TPSA) is 78.3 Å². The average Bonchev–Trinajstić information content (AvgIpc) is 2.89. The Morgan fingerprint density at radius 3 is 3.19 bits per heavy atom. The lowest BCUT2D eigenvalue weighted by atomic mass is 9.99. The molecule has 1 unspecified atom stereocenters. The van der Waals surface area contributed by atoms with Gasteiger partial charge in [-0.15, -0.1) is 0 Å². The maximum atomic E-state index is 11.5. The van der Waals surface area contributed by atoms with Gasteiger partial charge < -0.3 is 10.2 Å². The van der Waals surface area contributed by atoms with Crippen LogP contribution in [0.15, 0.2) is 17.2 Å². The van der Waals surface area contributed by atoms with Gasteiger partial charge >= 0.3 is 5.69 Å². The minimum Gasteiger partial charge on any atom is -0.356 e. The van der Waals surface area contributed by atoms with Crippen LogP contribution in [-0.2, 0) is 0 Å². The molecule has 7 nitrogen and oxygen atoms in total. The first-order valence-corrected chi connectivity index (χ1v) is 7.66. The van der Waals surface area contributed by atoms with Crippen molar-refractivity contribution in [3.05, 3.63) is 22.9 Å². The molecule has 0 radical (unpaired) electrons. The van der Waals surface area contributed by atoms with Crippen LogP contribution >= 0.6 is 0 Å². The van der Waals surface area contributed by atoms with Crippen molar-refractivity contribution < 1.29 is 0 Å². The van der Waals surface area contributed by atoms with E-state index in [1.165, 1.54) is 17.2 Å². The Balaban J connectivity index is 1.81. The van der Waals surface area contributed by atoms with Crippen molar-refractivity contribution in [2.75, 3.05) is 31.1 Å². The summed E-state index contributed by atoms with van der Waals surface area (Å²) in [6.07, 6.45) is 5.13. The molecule has 0 bridgehead atoms. The molecule has 0 spiro atoms. The number of fused-ring (bicyclic) bond motifs is 1. The van der Waals surface area contributed by atoms with E-state index in [4.69, 9.17) is 0 Å². The maximum Gasteiger partial charge on any atom is 0.348 e. The number of rotatable bonds is 5. The van der Waals surface area contributed by atoms with Gasteiger partial charge in [-0.2, -0.15) is 5.10 Å². The van der Waals surface area contributed by atoms with Gasteiger partial charge in [0, 0.05) is 19.2 Å². The Kier molecular flexibility index (Phi) is 4.19. The zero-order chi connectivity index (χ0) is 14.7. The van der Waals surface area contributed by atoms with Crippen molar-refractivity contribution >= 4 is 11.5 Å². The summed E-state index contributed by atoms with van der Waals surface area (Å²) < 4.78 is 1.43. The van der Waals surface area contributed by atoms with Gasteiger partial charge in [-0.3, -0.25) is 0 Å². The predicted molar refractivity (Wildman–Crippen MR) is 81.7 cm³/mol. The van der Waals surface area contributed by atoms with E-state index in [0.29, 0.717) is 11.6 Å². The molecule has 2 aromatic heterocycles. The summed E-state index contributed by atoms with van der Waals surface area (Å²) in [6, 6.07) is 1.88. The fourth-order valence-electron chi connectivity index (χ4n) is 2.93. The Hall–Kier alpha value is -1.89. The lowest BCUT2D eigenvalue weighted by Crippen LogP contribution is -2.39. The molecule has 0 saturated carbocycles. The molecule has 3 rings (SSSR count). The Labute approximate surface area is 123 Å². The molecule has 7 heteroatoms. The van der Waals surface area contributed by atoms with Crippen molar-refractivity contribution in [2.45, 2.75) is 26.2 Å². The van der Waals surface area contributed by atoms with E-state index in [0.717, 1.165) is 38.4 Å². The fraction of sp³-hybridized carbons (Fsp3) is 0.643. The highest BCUT2D eigenvalue weighted by atomic mass is 16.1. The Morgan fingerprint density at radius 2 is 2.43 bits per heavy atom. The van der Waals surface area contributed by atoms with Crippen LogP contribution < -0.4 is 15.9 Å². The third-order valence-corrected chi connectivity index (χ3v) is 3.99. The van der Waals surface area contributed by atoms with Crippen molar-refractivity contribution in [3.63, 3.8) is 0 Å². The number of hydrogen-bond donors (Lipinski definition) is 2. The van der Waals surface area contributed by atoms with Gasteiger partial charge in [-0.25, -0.2) is 19.3 Å². The van der Waals surface area contributed by atoms with Crippen molar-refractivity contribution in [3.8, 4) is 0 Å². The quantitative estimate of drug-likeness (QED) is 0.844. The molecule has 2 aromatic rings. The first-order valence-electron chi connectivity index (χ1n) is 7.66. The van der Waals surface area contributed by atoms with E-state index >= 15 is 0 Å². The normalized spacial score (nSPS) is 19.0. The number of hydrogen-bond acceptors (Lipinski definition) is 5. The van der Waals surface area contributed by atoms with Gasteiger partial charge in [0.05, 0.1) is 0 Å². The third kappa shape index (κ3) is 3.07. The van der Waals surface area contributed by atoms with Crippen LogP contribution in [-0.4, -0.2) is 45.8 Å². The van der Waals surface area contributed by atoms with E-state index < -0.39 is 0 Å². The van der Waals surface area contributed by atoms with Crippen LogP contribution in [0, 0.1) is 5.92 Å². The molecular formula is C14H22N6O. The van der Waals surface area contributed by atoms with E-state index in [9.17, 15) is 4.79 Å². The predicted octanol–water partition coefficient (Wildman–Crippen LogP) is 0.634. The summed E-state index contributed by atoms with van der Waals surface area (Å²) in [5.74, 6) is 1.55. The first-order chi connectivity index (χ1) is 10.3. The summed E-state index contributed by atoms with van der Waals surface area (Å²) in [5.41, 5.74) is 0.371. The summed E-state index contributed by atoms with van der Waals surface area (Å²) >= 11 is 0. The molecule has 1 atom stereocenters. The molecule has 1 aliphatic rings. The first kappa shape index (κ1) is 14.1. The van der Waals surface area contributed by atoms with E-state index in [2.05, 4.69) is 32.3 Å². The van der Waals surface area contributed by atoms with Crippen LogP contribution in [0.3, 0.4) is 0 Å². The maximum absolute atomic E-state index is 11.5. The third-order valence-electron chi connectivity index (χ3n) is 3.99. The largest absolute Gasteiger partial charge is 0.356 e. The average molecular weight is 290 g/mol. The van der Waals surface area contributed by atoms with E-state index in [-0.39, 0.29) is 5.69 Å². The number of aromatic nitrogens is 4. The van der Waals surface area contributed by atoms with Gasteiger partial charge in [-0.1, -0.05) is 6.92 Å². The number of nitrogens with zero attached hydrogens (tertiary/aromatic N) is 4. The van der Waals surface area contributed by atoms with Crippen molar-refractivity contribution in [1.29, 1.82) is 0 Å². The highest BCUT2D eigenvalue weighted by Crippen LogP contribution is 2.18. The molecule has 114 valence electrons. The van der Waals surface area contributed by atoms with E-state index in [1.807, 2.05) is 6.07 Å². The molecule has 1 aliphatic heterocycles. The second-order valence-corrected chi connectivity index (χ2v) is 5.66. The van der Waals surface area contributed by atoms with Crippen molar-refractivity contribution in [2.24, 2.45) is 5.92 Å². The number of nitrogens with one attached hydrogen (secondary N) is 2. The van der Waals surface area contributed by atoms with Crippen LogP contribution in [0.4, 0.5) is 5.82 Å². The summed E-state index contributed by atoms with van der Waals surface area (Å²) in [4.78, 5) is 18.2. The highest BCUT2D eigenvalue weighted by Gasteiger charge is 2.18. The highest BCUT2D eigenvalue weighted by molar-refractivity contribution is 5.50. The van der Waals surface area contributed by atoms with Gasteiger partial charge in [0.25, 0.3) is 0 Å². The van der Waals surface area contributed by atoms with Gasteiger partial charge in [-0.05, 0) is 38.3 Å². The fourth-order valence-corrected chi connectivity index (χ4v) is 2.93. The number of H-pyrrole nitrogens is 1. The monoisotopic (exact) mass is 290 g/mol. The number of anilines is 1. The Morgan fingerprint density at radius 1 is 1.52 bits per heavy atom. The molecule has 1 saturated heterocycles. The van der Waals surface area contributed by atoms with E-state index in [1.54, 1.807) is 6.33 Å². The van der Waals surface area contributed by atoms with Crippen LogP contribution in [0.5, 0.6) is 0 Å². The van der Waals surface area contributed by atoms with Crippen LogP contribution in [0.25, 0.3) is 5.65 Å². The lowest BCUT2D eigenvalue weighted by molar-refractivity contribution is 0.376. The van der Waals surface area contributed by atoms with Crippen molar-refractivity contribution in [1.82, 2.24) is 24.9 Å². The minimum atomic E-state index is -0.248. The minimum absolute atomic E-state index is 0.248. The molecule has 0 amide bonds. The molecule has 3 heterocycles. The number of aromatic amines is 1. The summed E-state index contributed by atoms with van der Waals surface area (Å²) in [6.45, 7) is 6.34. The van der Waals surface area contributed by atoms with Gasteiger partial charge in [0.2, 0.25) is 0 Å². The van der Waals surface area contributed by atoms with Crippen LogP contribution in [0.1, 0.15) is 26.2 Å². The molecule has 2 N–H and O–H groups in total. The SMILES string of the molecule is CCCN(CC1CCCNC1)c1cc2n[nH]c(=O)n2cn1. The zero-order valence-electron chi connectivity index (χ0n) is 12.4. The van der Waals surface area contributed by atoms with Gasteiger partial charge in [0.15, 0.2) is 5.65 Å². The second-order valence-electron chi connectivity index (χ2n) is 5.66. The lowest BCUT2D eigenvalue weighted by Gasteiger charge is -2.30. The summed E-state index contributed by atoms with van der Waals surface area (Å²) in [5, 5.41) is 9.92. The smallest absolute Gasteiger partial charge is 0.348 e. The van der Waals surface area contributed by atoms with Crippen LogP contribution in [0.2, 0.25) is 0 Å². The molecule has 21 heavy (non-hydrogen) atoms. The summed E-state index contributed by atoms with van der Waals surface area (Å²) in [7, 11) is 0. The molecular weight excluding hydrogens is 268 g/mol. The molecule has 0 aromatic carbocycles. The number of piperidine rings is 1. The standard InChI is InChI=1S/C14H22N6O/c1-2-6-19(9-11-4-3-5-15-8-11)12-7-13-17-18-14(21)20(13)10-16-12/h7,10-11,15H,2-6,8-9H2,1H3,(H,18,21).